The van der Waals surface area contributed by atoms with E-state index < -0.39 is 0 Å². The normalized spacial score (nSPS) is 36.8. The molecule has 3 nitrogen and oxygen atoms in total. The van der Waals surface area contributed by atoms with Gasteiger partial charge in [0.05, 0.1) is 6.10 Å². The fourth-order valence-electron chi connectivity index (χ4n) is 4.83. The minimum atomic E-state index is -0.192. The molecule has 2 aliphatic carbocycles. The summed E-state index contributed by atoms with van der Waals surface area (Å²) >= 11 is 0. The summed E-state index contributed by atoms with van der Waals surface area (Å²) in [4.78, 5) is 14.7. The van der Waals surface area contributed by atoms with Gasteiger partial charge < -0.3 is 9.64 Å². The van der Waals surface area contributed by atoms with E-state index >= 15 is 0 Å². The number of amides is 1. The lowest BCUT2D eigenvalue weighted by molar-refractivity contribution is -0.217. The van der Waals surface area contributed by atoms with E-state index in [9.17, 15) is 4.79 Å². The maximum Gasteiger partial charge on any atom is 0.248 e. The number of ether oxygens (including phenoxy) is 1. The highest BCUT2D eigenvalue weighted by Crippen LogP contribution is 2.47. The molecule has 2 fully saturated rings. The lowest BCUT2D eigenvalue weighted by Crippen LogP contribution is -2.66. The van der Waals surface area contributed by atoms with Gasteiger partial charge in [0, 0.05) is 11.5 Å². The highest BCUT2D eigenvalue weighted by molar-refractivity contribution is 5.88. The van der Waals surface area contributed by atoms with Crippen LogP contribution >= 0.6 is 0 Å². The standard InChI is InChI=1S/C20H31NO2/c1-5-18(22)21-19(15-9-7-6-8-10-15)23-17-13-14(2)11-12-16(17)20(21,3)4/h5,9,14,16-17,19H,1,6-8,10-13H2,2-4H3/t14-,16-,17-,19+/m1/s1. The number of hydrogen-bond donors (Lipinski definition) is 0. The molecular formula is C20H31NO2. The molecule has 1 saturated heterocycles. The third-order valence-corrected chi connectivity index (χ3v) is 6.18. The molecular weight excluding hydrogens is 286 g/mol. The van der Waals surface area contributed by atoms with Crippen molar-refractivity contribution in [3.8, 4) is 0 Å². The summed E-state index contributed by atoms with van der Waals surface area (Å²) in [5, 5.41) is 0. The van der Waals surface area contributed by atoms with Crippen molar-refractivity contribution in [1.29, 1.82) is 0 Å². The van der Waals surface area contributed by atoms with Crippen molar-refractivity contribution in [2.75, 3.05) is 0 Å². The second kappa shape index (κ2) is 6.43. The summed E-state index contributed by atoms with van der Waals surface area (Å²) in [6.45, 7) is 10.5. The predicted octanol–water partition coefficient (Wildman–Crippen LogP) is 4.44. The second-order valence-corrected chi connectivity index (χ2v) is 8.14. The maximum absolute atomic E-state index is 12.7. The molecule has 0 aromatic heterocycles. The number of carbonyl (C=O) groups excluding carboxylic acids is 1. The van der Waals surface area contributed by atoms with Crippen LogP contribution in [0.4, 0.5) is 0 Å². The molecule has 1 heterocycles. The molecule has 1 saturated carbocycles. The van der Waals surface area contributed by atoms with Gasteiger partial charge in [0.15, 0.2) is 6.23 Å². The Morgan fingerprint density at radius 2 is 2.17 bits per heavy atom. The smallest absolute Gasteiger partial charge is 0.248 e. The molecule has 128 valence electrons. The van der Waals surface area contributed by atoms with E-state index in [2.05, 4.69) is 33.4 Å². The van der Waals surface area contributed by atoms with Gasteiger partial charge in [-0.2, -0.15) is 0 Å². The second-order valence-electron chi connectivity index (χ2n) is 8.14. The van der Waals surface area contributed by atoms with Gasteiger partial charge in [-0.1, -0.05) is 26.0 Å². The molecule has 0 radical (unpaired) electrons. The molecule has 23 heavy (non-hydrogen) atoms. The van der Waals surface area contributed by atoms with Crippen molar-refractivity contribution in [3.05, 3.63) is 24.3 Å². The molecule has 1 amide bonds. The van der Waals surface area contributed by atoms with E-state index in [1.54, 1.807) is 0 Å². The van der Waals surface area contributed by atoms with Crippen LogP contribution in [0, 0.1) is 11.8 Å². The maximum atomic E-state index is 12.7. The average Bonchev–Trinajstić information content (AvgIpc) is 2.54. The van der Waals surface area contributed by atoms with Gasteiger partial charge in [-0.05, 0) is 69.9 Å². The number of nitrogens with zero attached hydrogens (tertiary/aromatic N) is 1. The molecule has 0 aromatic rings. The summed E-state index contributed by atoms with van der Waals surface area (Å²) in [5.41, 5.74) is 1.12. The van der Waals surface area contributed by atoms with Gasteiger partial charge in [0.1, 0.15) is 0 Å². The molecule has 3 rings (SSSR count). The van der Waals surface area contributed by atoms with E-state index in [1.165, 1.54) is 30.9 Å². The van der Waals surface area contributed by atoms with E-state index in [0.717, 1.165) is 31.6 Å². The third-order valence-electron chi connectivity index (χ3n) is 6.18. The number of rotatable bonds is 2. The summed E-state index contributed by atoms with van der Waals surface area (Å²) in [6.07, 6.45) is 11.9. The van der Waals surface area contributed by atoms with Crippen LogP contribution in [-0.4, -0.2) is 28.7 Å². The first-order chi connectivity index (χ1) is 10.9. The molecule has 1 aliphatic heterocycles. The SMILES string of the molecule is C=CC(=O)N1[C@H](C2=CCCCC2)O[C@@H]2C[C@H](C)CC[C@H]2C1(C)C. The Balaban J connectivity index is 1.96. The number of carbonyl (C=O) groups is 1. The fraction of sp³-hybridized carbons (Fsp3) is 0.750. The molecule has 0 aromatic carbocycles. The van der Waals surface area contributed by atoms with Crippen LogP contribution in [0.25, 0.3) is 0 Å². The first-order valence-electron chi connectivity index (χ1n) is 9.25. The Labute approximate surface area is 140 Å². The number of fused-ring (bicyclic) bond motifs is 1. The molecule has 3 heteroatoms. The summed E-state index contributed by atoms with van der Waals surface area (Å²) in [7, 11) is 0. The Morgan fingerprint density at radius 1 is 1.39 bits per heavy atom. The van der Waals surface area contributed by atoms with E-state index in [-0.39, 0.29) is 23.8 Å². The minimum absolute atomic E-state index is 0.00328. The Bertz CT molecular complexity index is 508. The van der Waals surface area contributed by atoms with Crippen LogP contribution in [0.15, 0.2) is 24.3 Å². The van der Waals surface area contributed by atoms with E-state index in [4.69, 9.17) is 4.74 Å². The summed E-state index contributed by atoms with van der Waals surface area (Å²) in [6, 6.07) is 0. The molecule has 4 atom stereocenters. The van der Waals surface area contributed by atoms with Crippen molar-refractivity contribution in [1.82, 2.24) is 4.90 Å². The predicted molar refractivity (Wildman–Crippen MR) is 92.8 cm³/mol. The average molecular weight is 317 g/mol. The number of allylic oxidation sites excluding steroid dienone is 1. The largest absolute Gasteiger partial charge is 0.351 e. The Kier molecular flexibility index (Phi) is 4.68. The van der Waals surface area contributed by atoms with Crippen LogP contribution in [0.5, 0.6) is 0 Å². The zero-order valence-electron chi connectivity index (χ0n) is 14.9. The molecule has 0 spiro atoms. The summed E-state index contributed by atoms with van der Waals surface area (Å²) < 4.78 is 6.56. The first kappa shape index (κ1) is 16.8. The van der Waals surface area contributed by atoms with Gasteiger partial charge in [-0.25, -0.2) is 0 Å². The first-order valence-corrected chi connectivity index (χ1v) is 9.25. The quantitative estimate of drug-likeness (QED) is 0.556. The van der Waals surface area contributed by atoms with Crippen LogP contribution in [0.1, 0.15) is 65.7 Å². The van der Waals surface area contributed by atoms with Gasteiger partial charge in [0.2, 0.25) is 5.91 Å². The van der Waals surface area contributed by atoms with Gasteiger partial charge >= 0.3 is 0 Å². The molecule has 0 N–H and O–H groups in total. The zero-order chi connectivity index (χ0) is 16.6. The highest BCUT2D eigenvalue weighted by atomic mass is 16.5. The number of hydrogen-bond acceptors (Lipinski definition) is 2. The third kappa shape index (κ3) is 3.00. The van der Waals surface area contributed by atoms with E-state index in [0.29, 0.717) is 5.92 Å². The Morgan fingerprint density at radius 3 is 2.83 bits per heavy atom. The molecule has 0 bridgehead atoms. The lowest BCUT2D eigenvalue weighted by Gasteiger charge is -2.57. The highest BCUT2D eigenvalue weighted by Gasteiger charge is 2.52. The topological polar surface area (TPSA) is 29.5 Å². The van der Waals surface area contributed by atoms with Crippen molar-refractivity contribution < 1.29 is 9.53 Å². The van der Waals surface area contributed by atoms with Gasteiger partial charge in [-0.15, -0.1) is 0 Å². The molecule has 0 unspecified atom stereocenters. The van der Waals surface area contributed by atoms with Gasteiger partial charge in [0.25, 0.3) is 0 Å². The van der Waals surface area contributed by atoms with Crippen molar-refractivity contribution in [3.63, 3.8) is 0 Å². The zero-order valence-corrected chi connectivity index (χ0v) is 14.9. The van der Waals surface area contributed by atoms with Crippen LogP contribution < -0.4 is 0 Å². The summed E-state index contributed by atoms with van der Waals surface area (Å²) in [5.74, 6) is 1.14. The van der Waals surface area contributed by atoms with Crippen LogP contribution in [0.2, 0.25) is 0 Å². The monoisotopic (exact) mass is 317 g/mol. The Hall–Kier alpha value is -1.09. The van der Waals surface area contributed by atoms with Crippen molar-refractivity contribution in [2.24, 2.45) is 11.8 Å². The van der Waals surface area contributed by atoms with Crippen LogP contribution in [-0.2, 0) is 9.53 Å². The van der Waals surface area contributed by atoms with E-state index in [1.807, 2.05) is 4.90 Å². The molecule has 3 aliphatic rings. The fourth-order valence-corrected chi connectivity index (χ4v) is 4.83. The van der Waals surface area contributed by atoms with Crippen molar-refractivity contribution in [2.45, 2.75) is 83.6 Å². The minimum Gasteiger partial charge on any atom is -0.351 e. The van der Waals surface area contributed by atoms with Crippen molar-refractivity contribution >= 4 is 5.91 Å². The van der Waals surface area contributed by atoms with Crippen LogP contribution in [0.3, 0.4) is 0 Å². The van der Waals surface area contributed by atoms with Gasteiger partial charge in [-0.3, -0.25) is 4.79 Å². The lowest BCUT2D eigenvalue weighted by atomic mass is 9.69.